The molecule has 4 aromatic rings. The molecule has 3 nitrogen and oxygen atoms in total. The molecule has 0 amide bonds. The first-order valence-electron chi connectivity index (χ1n) is 6.48. The van der Waals surface area contributed by atoms with E-state index >= 15 is 0 Å². The maximum atomic E-state index is 5.52. The summed E-state index contributed by atoms with van der Waals surface area (Å²) >= 11 is 7.83. The van der Waals surface area contributed by atoms with E-state index in [0.29, 0.717) is 4.77 Å². The summed E-state index contributed by atoms with van der Waals surface area (Å²) in [5, 5.41) is 1.10. The van der Waals surface area contributed by atoms with Gasteiger partial charge in [0, 0.05) is 14.6 Å². The highest BCUT2D eigenvalue weighted by molar-refractivity contribution is 14.1. The van der Waals surface area contributed by atoms with Crippen LogP contribution in [0.2, 0.25) is 0 Å². The van der Waals surface area contributed by atoms with Gasteiger partial charge in [0.15, 0.2) is 4.77 Å². The number of hydrogen-bond acceptors (Lipinski definition) is 2. The van der Waals surface area contributed by atoms with Crippen LogP contribution in [0.1, 0.15) is 0 Å². The Hall–Kier alpha value is -1.73. The highest BCUT2D eigenvalue weighted by Gasteiger charge is 2.10. The predicted octanol–water partition coefficient (Wildman–Crippen LogP) is 4.84. The summed E-state index contributed by atoms with van der Waals surface area (Å²) < 4.78 is 3.95. The molecule has 0 unspecified atom stereocenters. The molecule has 0 radical (unpaired) electrons. The Bertz CT molecular complexity index is 1030. The fraction of sp³-hybridized carbons (Fsp3) is 0. The third-order valence-electron chi connectivity index (χ3n) is 3.48. The number of aromatic amines is 1. The maximum Gasteiger partial charge on any atom is 0.182 e. The number of rotatable bonds is 1. The minimum Gasteiger partial charge on any atom is -0.329 e. The molecular formula is C16H10IN3S. The number of aromatic nitrogens is 3. The zero-order valence-electron chi connectivity index (χ0n) is 10.9. The van der Waals surface area contributed by atoms with Crippen molar-refractivity contribution in [1.29, 1.82) is 0 Å². The monoisotopic (exact) mass is 403 g/mol. The molecule has 102 valence electrons. The van der Waals surface area contributed by atoms with E-state index in [0.717, 1.165) is 27.6 Å². The van der Waals surface area contributed by atoms with E-state index in [1.54, 1.807) is 0 Å². The van der Waals surface area contributed by atoms with Gasteiger partial charge in [-0.3, -0.25) is 9.55 Å². The lowest BCUT2D eigenvalue weighted by molar-refractivity contribution is 1.07. The molecule has 21 heavy (non-hydrogen) atoms. The van der Waals surface area contributed by atoms with Gasteiger partial charge in [-0.25, -0.2) is 0 Å². The van der Waals surface area contributed by atoms with E-state index in [2.05, 4.69) is 61.4 Å². The van der Waals surface area contributed by atoms with Crippen LogP contribution in [0.3, 0.4) is 0 Å². The summed E-state index contributed by atoms with van der Waals surface area (Å²) in [7, 11) is 0. The average molecular weight is 403 g/mol. The summed E-state index contributed by atoms with van der Waals surface area (Å²) in [6, 6.07) is 16.4. The van der Waals surface area contributed by atoms with Gasteiger partial charge in [0.05, 0.1) is 22.7 Å². The van der Waals surface area contributed by atoms with Gasteiger partial charge in [-0.15, -0.1) is 0 Å². The van der Waals surface area contributed by atoms with Crippen molar-refractivity contribution in [3.63, 3.8) is 0 Å². The molecule has 0 aliphatic heterocycles. The fourth-order valence-corrected chi connectivity index (χ4v) is 3.43. The standard InChI is InChI=1S/C16H10IN3S/c17-10-4-3-5-11(8-10)20-15-12-6-1-2-7-13(12)18-9-14(15)19-16(20)21/h1-9H,(H,19,21). The minimum atomic E-state index is 0.685. The Morgan fingerprint density at radius 1 is 1.10 bits per heavy atom. The Kier molecular flexibility index (Phi) is 3.04. The van der Waals surface area contributed by atoms with E-state index in [4.69, 9.17) is 12.2 Å². The first-order valence-corrected chi connectivity index (χ1v) is 7.97. The van der Waals surface area contributed by atoms with E-state index in [-0.39, 0.29) is 0 Å². The lowest BCUT2D eigenvalue weighted by Crippen LogP contribution is -1.95. The first kappa shape index (κ1) is 13.0. The number of para-hydroxylation sites is 1. The van der Waals surface area contributed by atoms with Crippen LogP contribution in [0.25, 0.3) is 27.6 Å². The third kappa shape index (κ3) is 2.08. The molecule has 2 aromatic heterocycles. The quantitative estimate of drug-likeness (QED) is 0.365. The molecule has 0 fully saturated rings. The third-order valence-corrected chi connectivity index (χ3v) is 4.44. The number of H-pyrrole nitrogens is 1. The van der Waals surface area contributed by atoms with Crippen molar-refractivity contribution in [3.05, 3.63) is 63.1 Å². The second-order valence-electron chi connectivity index (χ2n) is 4.78. The minimum absolute atomic E-state index is 0.685. The highest BCUT2D eigenvalue weighted by Crippen LogP contribution is 2.26. The van der Waals surface area contributed by atoms with E-state index in [9.17, 15) is 0 Å². The molecular weight excluding hydrogens is 393 g/mol. The van der Waals surface area contributed by atoms with Crippen LogP contribution in [0.4, 0.5) is 0 Å². The summed E-state index contributed by atoms with van der Waals surface area (Å²) in [5.74, 6) is 0. The molecule has 0 aliphatic rings. The number of pyridine rings is 1. The topological polar surface area (TPSA) is 33.6 Å². The van der Waals surface area contributed by atoms with Crippen LogP contribution in [-0.2, 0) is 0 Å². The largest absolute Gasteiger partial charge is 0.329 e. The lowest BCUT2D eigenvalue weighted by Gasteiger charge is -2.07. The van der Waals surface area contributed by atoms with Gasteiger partial charge < -0.3 is 4.98 Å². The van der Waals surface area contributed by atoms with Crippen molar-refractivity contribution in [2.75, 3.05) is 0 Å². The summed E-state index contributed by atoms with van der Waals surface area (Å²) in [6.45, 7) is 0. The van der Waals surface area contributed by atoms with Gasteiger partial charge in [0.1, 0.15) is 0 Å². The summed E-state index contributed by atoms with van der Waals surface area (Å²) in [5.41, 5.74) is 4.07. The van der Waals surface area contributed by atoms with Crippen LogP contribution in [-0.4, -0.2) is 14.5 Å². The van der Waals surface area contributed by atoms with E-state index in [1.807, 2.05) is 30.5 Å². The molecule has 0 spiro atoms. The Morgan fingerprint density at radius 3 is 2.81 bits per heavy atom. The van der Waals surface area contributed by atoms with Crippen molar-refractivity contribution in [2.45, 2.75) is 0 Å². The van der Waals surface area contributed by atoms with Gasteiger partial charge in [0.2, 0.25) is 0 Å². The number of nitrogens with zero attached hydrogens (tertiary/aromatic N) is 2. The van der Waals surface area contributed by atoms with Gasteiger partial charge in [0.25, 0.3) is 0 Å². The average Bonchev–Trinajstić information content (AvgIpc) is 2.83. The second kappa shape index (κ2) is 4.92. The number of halogens is 1. The molecule has 0 atom stereocenters. The van der Waals surface area contributed by atoms with Crippen LogP contribution in [0.5, 0.6) is 0 Å². The van der Waals surface area contributed by atoms with Crippen molar-refractivity contribution in [3.8, 4) is 5.69 Å². The number of nitrogens with one attached hydrogen (secondary N) is 1. The molecule has 0 saturated heterocycles. The molecule has 5 heteroatoms. The van der Waals surface area contributed by atoms with Crippen molar-refractivity contribution >= 4 is 56.7 Å². The zero-order valence-corrected chi connectivity index (χ0v) is 13.9. The smallest absolute Gasteiger partial charge is 0.182 e. The van der Waals surface area contributed by atoms with Crippen LogP contribution >= 0.6 is 34.8 Å². The van der Waals surface area contributed by atoms with Crippen molar-refractivity contribution in [1.82, 2.24) is 14.5 Å². The van der Waals surface area contributed by atoms with Crippen LogP contribution in [0.15, 0.2) is 54.7 Å². The van der Waals surface area contributed by atoms with Crippen LogP contribution < -0.4 is 0 Å². The van der Waals surface area contributed by atoms with Crippen LogP contribution in [0, 0.1) is 8.34 Å². The zero-order chi connectivity index (χ0) is 14.4. The number of imidazole rings is 1. The number of benzene rings is 2. The molecule has 0 saturated carbocycles. The summed E-state index contributed by atoms with van der Waals surface area (Å²) in [4.78, 5) is 7.73. The highest BCUT2D eigenvalue weighted by atomic mass is 127. The normalized spacial score (nSPS) is 11.3. The van der Waals surface area contributed by atoms with Gasteiger partial charge in [-0.2, -0.15) is 0 Å². The fourth-order valence-electron chi connectivity index (χ4n) is 2.59. The van der Waals surface area contributed by atoms with Crippen molar-refractivity contribution in [2.24, 2.45) is 0 Å². The summed E-state index contributed by atoms with van der Waals surface area (Å²) in [6.07, 6.45) is 1.85. The number of hydrogen-bond donors (Lipinski definition) is 1. The molecule has 4 rings (SSSR count). The van der Waals surface area contributed by atoms with Crippen molar-refractivity contribution < 1.29 is 0 Å². The lowest BCUT2D eigenvalue weighted by atomic mass is 10.2. The predicted molar refractivity (Wildman–Crippen MR) is 96.5 cm³/mol. The van der Waals surface area contributed by atoms with Gasteiger partial charge >= 0.3 is 0 Å². The SMILES string of the molecule is S=c1[nH]c2cnc3ccccc3c2n1-c1cccc(I)c1. The molecule has 0 bridgehead atoms. The number of fused-ring (bicyclic) bond motifs is 3. The molecule has 2 aromatic carbocycles. The van der Waals surface area contributed by atoms with Gasteiger partial charge in [-0.1, -0.05) is 24.3 Å². The molecule has 1 N–H and O–H groups in total. The Balaban J connectivity index is 2.20. The Labute approximate surface area is 139 Å². The second-order valence-corrected chi connectivity index (χ2v) is 6.42. The van der Waals surface area contributed by atoms with E-state index in [1.165, 1.54) is 3.57 Å². The Morgan fingerprint density at radius 2 is 1.95 bits per heavy atom. The first-order chi connectivity index (χ1) is 10.2. The molecule has 2 heterocycles. The molecule has 0 aliphatic carbocycles. The van der Waals surface area contributed by atoms with Gasteiger partial charge in [-0.05, 0) is 59.1 Å². The van der Waals surface area contributed by atoms with E-state index < -0.39 is 0 Å². The maximum absolute atomic E-state index is 5.52.